The van der Waals surface area contributed by atoms with E-state index in [0.717, 1.165) is 5.01 Å². The van der Waals surface area contributed by atoms with Crippen LogP contribution < -0.4 is 5.73 Å². The Labute approximate surface area is 93.5 Å². The summed E-state index contributed by atoms with van der Waals surface area (Å²) in [5.41, 5.74) is 6.28. The predicted octanol–water partition coefficient (Wildman–Crippen LogP) is 1.98. The average molecular weight is 228 g/mol. The first-order valence-electron chi connectivity index (χ1n) is 4.94. The van der Waals surface area contributed by atoms with Crippen molar-refractivity contribution in [3.63, 3.8) is 0 Å². The number of carbonyl (C=O) groups excluding carboxylic acids is 1. The summed E-state index contributed by atoms with van der Waals surface area (Å²) < 4.78 is 4.85. The van der Waals surface area contributed by atoms with Crippen LogP contribution in [0, 0.1) is 5.92 Å². The molecule has 1 rings (SSSR count). The van der Waals surface area contributed by atoms with Gasteiger partial charge in [0.05, 0.1) is 12.6 Å². The Morgan fingerprint density at radius 3 is 2.87 bits per heavy atom. The number of hydrogen-bond acceptors (Lipinski definition) is 5. The molecule has 1 atom stereocenters. The zero-order valence-corrected chi connectivity index (χ0v) is 10.0. The van der Waals surface area contributed by atoms with Crippen LogP contribution in [0.2, 0.25) is 0 Å². The predicted molar refractivity (Wildman–Crippen MR) is 59.8 cm³/mol. The standard InChI is InChI=1S/C10H16N2O2S/c1-4-14-10(13)7-5-15-9(12-7)8(11)6(2)3/h5-6,8H,4,11H2,1-3H3/t8-/m0/s1. The molecule has 0 radical (unpaired) electrons. The summed E-state index contributed by atoms with van der Waals surface area (Å²) in [6.45, 7) is 6.18. The van der Waals surface area contributed by atoms with Gasteiger partial charge in [-0.15, -0.1) is 11.3 Å². The number of nitrogens with zero attached hydrogens (tertiary/aromatic N) is 1. The highest BCUT2D eigenvalue weighted by Crippen LogP contribution is 2.22. The van der Waals surface area contributed by atoms with Gasteiger partial charge in [0, 0.05) is 5.38 Å². The van der Waals surface area contributed by atoms with E-state index >= 15 is 0 Å². The van der Waals surface area contributed by atoms with Crippen LogP contribution in [0.3, 0.4) is 0 Å². The topological polar surface area (TPSA) is 65.2 Å². The SMILES string of the molecule is CCOC(=O)c1csc([C@@H](N)C(C)C)n1. The molecule has 1 aromatic heterocycles. The minimum Gasteiger partial charge on any atom is -0.461 e. The largest absolute Gasteiger partial charge is 0.461 e. The average Bonchev–Trinajstić information content (AvgIpc) is 2.65. The fourth-order valence-electron chi connectivity index (χ4n) is 1.02. The van der Waals surface area contributed by atoms with Crippen LogP contribution in [0.1, 0.15) is 42.3 Å². The quantitative estimate of drug-likeness (QED) is 0.800. The van der Waals surface area contributed by atoms with E-state index in [1.807, 2.05) is 13.8 Å². The van der Waals surface area contributed by atoms with Crippen LogP contribution in [0.15, 0.2) is 5.38 Å². The maximum absolute atomic E-state index is 11.3. The van der Waals surface area contributed by atoms with Crippen molar-refractivity contribution in [3.05, 3.63) is 16.1 Å². The van der Waals surface area contributed by atoms with Crippen LogP contribution in [0.25, 0.3) is 0 Å². The van der Waals surface area contributed by atoms with E-state index in [1.54, 1.807) is 12.3 Å². The summed E-state index contributed by atoms with van der Waals surface area (Å²) in [7, 11) is 0. The van der Waals surface area contributed by atoms with Crippen molar-refractivity contribution < 1.29 is 9.53 Å². The Bertz CT molecular complexity index is 336. The first kappa shape index (κ1) is 12.1. The van der Waals surface area contributed by atoms with E-state index in [2.05, 4.69) is 4.98 Å². The Morgan fingerprint density at radius 1 is 1.67 bits per heavy atom. The maximum atomic E-state index is 11.3. The minimum atomic E-state index is -0.379. The molecule has 0 spiro atoms. The molecule has 0 unspecified atom stereocenters. The Kier molecular flexibility index (Phi) is 4.23. The molecule has 0 aliphatic carbocycles. The summed E-state index contributed by atoms with van der Waals surface area (Å²) >= 11 is 1.40. The van der Waals surface area contributed by atoms with E-state index in [9.17, 15) is 4.79 Å². The van der Waals surface area contributed by atoms with Gasteiger partial charge in [-0.3, -0.25) is 0 Å². The van der Waals surface area contributed by atoms with Gasteiger partial charge < -0.3 is 10.5 Å². The lowest BCUT2D eigenvalue weighted by Gasteiger charge is -2.11. The molecule has 15 heavy (non-hydrogen) atoms. The highest BCUT2D eigenvalue weighted by atomic mass is 32.1. The summed E-state index contributed by atoms with van der Waals surface area (Å²) in [6, 6.07) is -0.113. The molecule has 2 N–H and O–H groups in total. The first-order chi connectivity index (χ1) is 7.06. The monoisotopic (exact) mass is 228 g/mol. The van der Waals surface area contributed by atoms with Crippen molar-refractivity contribution >= 4 is 17.3 Å². The van der Waals surface area contributed by atoms with Gasteiger partial charge in [-0.2, -0.15) is 0 Å². The molecule has 4 nitrogen and oxygen atoms in total. The van der Waals surface area contributed by atoms with Crippen LogP contribution in [-0.4, -0.2) is 17.6 Å². The molecule has 1 aromatic rings. The second-order valence-corrected chi connectivity index (χ2v) is 4.45. The van der Waals surface area contributed by atoms with Crippen molar-refractivity contribution in [1.82, 2.24) is 4.98 Å². The number of hydrogen-bond donors (Lipinski definition) is 1. The molecule has 0 aliphatic heterocycles. The number of aromatic nitrogens is 1. The molecule has 0 aliphatic rings. The minimum absolute atomic E-state index is 0.113. The van der Waals surface area contributed by atoms with Crippen molar-refractivity contribution in [2.75, 3.05) is 6.61 Å². The van der Waals surface area contributed by atoms with Gasteiger partial charge in [-0.1, -0.05) is 13.8 Å². The fraction of sp³-hybridized carbons (Fsp3) is 0.600. The number of carbonyl (C=O) groups is 1. The highest BCUT2D eigenvalue weighted by molar-refractivity contribution is 7.09. The van der Waals surface area contributed by atoms with Crippen molar-refractivity contribution in [2.45, 2.75) is 26.8 Å². The molecule has 0 bridgehead atoms. The third-order valence-electron chi connectivity index (χ3n) is 2.01. The Balaban J connectivity index is 2.76. The van der Waals surface area contributed by atoms with Gasteiger partial charge in [0.1, 0.15) is 5.01 Å². The third-order valence-corrected chi connectivity index (χ3v) is 2.96. The van der Waals surface area contributed by atoms with E-state index in [1.165, 1.54) is 11.3 Å². The molecule has 0 aromatic carbocycles. The second-order valence-electron chi connectivity index (χ2n) is 3.56. The molecule has 0 amide bonds. The van der Waals surface area contributed by atoms with Gasteiger partial charge in [-0.05, 0) is 12.8 Å². The second kappa shape index (κ2) is 5.23. The lowest BCUT2D eigenvalue weighted by molar-refractivity contribution is 0.0520. The Morgan fingerprint density at radius 2 is 2.33 bits per heavy atom. The van der Waals surface area contributed by atoms with Crippen LogP contribution in [0.4, 0.5) is 0 Å². The Hall–Kier alpha value is -0.940. The summed E-state index contributed by atoms with van der Waals surface area (Å²) in [6.07, 6.45) is 0. The fourth-order valence-corrected chi connectivity index (χ4v) is 1.99. The molecule has 1 heterocycles. The first-order valence-corrected chi connectivity index (χ1v) is 5.82. The summed E-state index contributed by atoms with van der Waals surface area (Å²) in [4.78, 5) is 15.5. The molecule has 0 saturated heterocycles. The lowest BCUT2D eigenvalue weighted by Crippen LogP contribution is -2.16. The normalized spacial score (nSPS) is 12.9. The number of nitrogens with two attached hydrogens (primary N) is 1. The van der Waals surface area contributed by atoms with E-state index in [4.69, 9.17) is 10.5 Å². The highest BCUT2D eigenvalue weighted by Gasteiger charge is 2.17. The lowest BCUT2D eigenvalue weighted by atomic mass is 10.1. The van der Waals surface area contributed by atoms with Gasteiger partial charge >= 0.3 is 5.97 Å². The third kappa shape index (κ3) is 3.00. The van der Waals surface area contributed by atoms with Crippen LogP contribution in [-0.2, 0) is 4.74 Å². The van der Waals surface area contributed by atoms with Crippen LogP contribution in [0.5, 0.6) is 0 Å². The molecular weight excluding hydrogens is 212 g/mol. The number of ether oxygens (including phenoxy) is 1. The number of rotatable bonds is 4. The van der Waals surface area contributed by atoms with Gasteiger partial charge in [0.15, 0.2) is 5.69 Å². The summed E-state index contributed by atoms with van der Waals surface area (Å²) in [5, 5.41) is 2.48. The molecule has 0 saturated carbocycles. The van der Waals surface area contributed by atoms with Crippen LogP contribution >= 0.6 is 11.3 Å². The summed E-state index contributed by atoms with van der Waals surface area (Å²) in [5.74, 6) is -0.0675. The smallest absolute Gasteiger partial charge is 0.357 e. The van der Waals surface area contributed by atoms with E-state index < -0.39 is 0 Å². The number of thiazole rings is 1. The van der Waals surface area contributed by atoms with Crippen molar-refractivity contribution in [3.8, 4) is 0 Å². The van der Waals surface area contributed by atoms with E-state index in [0.29, 0.717) is 18.2 Å². The zero-order valence-electron chi connectivity index (χ0n) is 9.19. The molecule has 5 heteroatoms. The van der Waals surface area contributed by atoms with Crippen molar-refractivity contribution in [1.29, 1.82) is 0 Å². The van der Waals surface area contributed by atoms with Gasteiger partial charge in [0.2, 0.25) is 0 Å². The van der Waals surface area contributed by atoms with E-state index in [-0.39, 0.29) is 12.0 Å². The molecular formula is C10H16N2O2S. The molecule has 84 valence electrons. The van der Waals surface area contributed by atoms with Gasteiger partial charge in [0.25, 0.3) is 0 Å². The molecule has 0 fully saturated rings. The van der Waals surface area contributed by atoms with Crippen molar-refractivity contribution in [2.24, 2.45) is 11.7 Å². The maximum Gasteiger partial charge on any atom is 0.357 e. The number of esters is 1. The van der Waals surface area contributed by atoms with Gasteiger partial charge in [-0.25, -0.2) is 9.78 Å². The zero-order chi connectivity index (χ0) is 11.4.